The number of nitrogens with one attached hydrogen (secondary N) is 1. The number of aliphatic carboxylic acids is 1. The van der Waals surface area contributed by atoms with Gasteiger partial charge in [-0.25, -0.2) is 4.98 Å². The molecule has 1 fully saturated rings. The van der Waals surface area contributed by atoms with E-state index in [0.29, 0.717) is 18.5 Å². The second kappa shape index (κ2) is 2.56. The molecule has 0 unspecified atom stereocenters. The first-order chi connectivity index (χ1) is 6.15. The number of rotatable bonds is 2. The maximum atomic E-state index is 11.0. The highest BCUT2D eigenvalue weighted by molar-refractivity contribution is 5.82. The van der Waals surface area contributed by atoms with Crippen molar-refractivity contribution in [2.75, 3.05) is 0 Å². The fraction of sp³-hybridized carbons (Fsp3) is 0.500. The predicted octanol–water partition coefficient (Wildman–Crippen LogP) is -0.147. The Morgan fingerprint density at radius 1 is 1.77 bits per heavy atom. The number of nitrogens with zero attached hydrogens (tertiary/aromatic N) is 1. The van der Waals surface area contributed by atoms with Gasteiger partial charge in [0, 0.05) is 12.2 Å². The number of nitrogens with two attached hydrogens (primary N) is 1. The van der Waals surface area contributed by atoms with Crippen molar-refractivity contribution < 1.29 is 9.90 Å². The maximum absolute atomic E-state index is 11.0. The van der Waals surface area contributed by atoms with Gasteiger partial charge in [-0.05, 0) is 12.8 Å². The van der Waals surface area contributed by atoms with E-state index in [4.69, 9.17) is 10.8 Å². The summed E-state index contributed by atoms with van der Waals surface area (Å²) >= 11 is 0. The van der Waals surface area contributed by atoms with Crippen LogP contribution in [0.25, 0.3) is 0 Å². The first-order valence-corrected chi connectivity index (χ1v) is 4.13. The number of imidazole rings is 1. The smallest absolute Gasteiger partial charge is 0.315 e. The Labute approximate surface area is 75.0 Å². The highest BCUT2D eigenvalue weighted by atomic mass is 16.4. The molecule has 0 spiro atoms. The Morgan fingerprint density at radius 3 is 2.85 bits per heavy atom. The van der Waals surface area contributed by atoms with E-state index in [0.717, 1.165) is 0 Å². The number of aromatic nitrogens is 2. The first-order valence-electron chi connectivity index (χ1n) is 4.13. The van der Waals surface area contributed by atoms with Crippen LogP contribution in [0, 0.1) is 0 Å². The summed E-state index contributed by atoms with van der Waals surface area (Å²) in [6.07, 6.45) is 4.03. The lowest BCUT2D eigenvalue weighted by atomic mass is 9.64. The lowest BCUT2D eigenvalue weighted by Crippen LogP contribution is -2.54. The van der Waals surface area contributed by atoms with Crippen LogP contribution in [0.1, 0.15) is 18.5 Å². The Hall–Kier alpha value is -1.36. The molecule has 1 aliphatic carbocycles. The number of carboxylic acids is 1. The maximum Gasteiger partial charge on any atom is 0.315 e. The number of hydrogen-bond donors (Lipinski definition) is 3. The van der Waals surface area contributed by atoms with Crippen molar-refractivity contribution in [2.45, 2.75) is 24.3 Å². The molecule has 2 rings (SSSR count). The molecule has 0 bridgehead atoms. The van der Waals surface area contributed by atoms with Gasteiger partial charge < -0.3 is 15.8 Å². The second-order valence-corrected chi connectivity index (χ2v) is 3.52. The lowest BCUT2D eigenvalue weighted by Gasteiger charge is -2.41. The zero-order valence-electron chi connectivity index (χ0n) is 7.03. The average molecular weight is 181 g/mol. The minimum Gasteiger partial charge on any atom is -0.481 e. The number of carbonyl (C=O) groups is 1. The fourth-order valence-electron chi connectivity index (χ4n) is 1.86. The summed E-state index contributed by atoms with van der Waals surface area (Å²) in [6.45, 7) is 0. The molecular weight excluding hydrogens is 170 g/mol. The van der Waals surface area contributed by atoms with Gasteiger partial charge in [0.2, 0.25) is 0 Å². The van der Waals surface area contributed by atoms with Gasteiger partial charge in [0.25, 0.3) is 0 Å². The van der Waals surface area contributed by atoms with Crippen LogP contribution in [0.5, 0.6) is 0 Å². The first kappa shape index (κ1) is 8.25. The van der Waals surface area contributed by atoms with Gasteiger partial charge >= 0.3 is 5.97 Å². The van der Waals surface area contributed by atoms with Gasteiger partial charge in [-0.3, -0.25) is 4.79 Å². The lowest BCUT2D eigenvalue weighted by molar-refractivity contribution is -0.148. The van der Waals surface area contributed by atoms with E-state index < -0.39 is 11.4 Å². The molecule has 0 radical (unpaired) electrons. The Kier molecular flexibility index (Phi) is 1.63. The van der Waals surface area contributed by atoms with Crippen LogP contribution in [0.4, 0.5) is 0 Å². The van der Waals surface area contributed by atoms with Gasteiger partial charge in [-0.1, -0.05) is 0 Å². The topological polar surface area (TPSA) is 92.0 Å². The van der Waals surface area contributed by atoms with Crippen LogP contribution in [0.15, 0.2) is 12.5 Å². The summed E-state index contributed by atoms with van der Waals surface area (Å²) in [5, 5.41) is 9.07. The molecular formula is C8H11N3O2. The molecule has 1 aromatic heterocycles. The number of carboxylic acid groups (broad SMARTS) is 1. The standard InChI is InChI=1S/C8H11N3O2/c9-5-1-8(2-5,7(12)13)6-3-10-4-11-6/h3-5H,1-2,9H2,(H,10,11)(H,12,13). The summed E-state index contributed by atoms with van der Waals surface area (Å²) in [4.78, 5) is 17.7. The molecule has 4 N–H and O–H groups in total. The fourth-order valence-corrected chi connectivity index (χ4v) is 1.86. The van der Waals surface area contributed by atoms with E-state index in [2.05, 4.69) is 9.97 Å². The van der Waals surface area contributed by atoms with Crippen molar-refractivity contribution >= 4 is 5.97 Å². The largest absolute Gasteiger partial charge is 0.481 e. The van der Waals surface area contributed by atoms with E-state index >= 15 is 0 Å². The zero-order valence-corrected chi connectivity index (χ0v) is 7.03. The molecule has 1 heterocycles. The minimum atomic E-state index is -0.821. The van der Waals surface area contributed by atoms with Gasteiger partial charge in [0.05, 0.1) is 12.0 Å². The molecule has 1 aliphatic rings. The Bertz CT molecular complexity index is 314. The Balaban J connectivity index is 2.31. The van der Waals surface area contributed by atoms with Crippen LogP contribution >= 0.6 is 0 Å². The molecule has 1 saturated carbocycles. The number of hydrogen-bond acceptors (Lipinski definition) is 3. The van der Waals surface area contributed by atoms with E-state index in [1.54, 1.807) is 6.20 Å². The highest BCUT2D eigenvalue weighted by Crippen LogP contribution is 2.42. The normalized spacial score (nSPS) is 32.5. The van der Waals surface area contributed by atoms with Crippen molar-refractivity contribution in [3.63, 3.8) is 0 Å². The van der Waals surface area contributed by atoms with Crippen LogP contribution in [0.3, 0.4) is 0 Å². The minimum absolute atomic E-state index is 0.000556. The molecule has 5 nitrogen and oxygen atoms in total. The van der Waals surface area contributed by atoms with Crippen molar-refractivity contribution in [2.24, 2.45) is 5.73 Å². The van der Waals surface area contributed by atoms with Gasteiger partial charge in [0.1, 0.15) is 5.41 Å². The Morgan fingerprint density at radius 2 is 2.46 bits per heavy atom. The molecule has 0 amide bonds. The monoisotopic (exact) mass is 181 g/mol. The van der Waals surface area contributed by atoms with Crippen molar-refractivity contribution in [3.8, 4) is 0 Å². The summed E-state index contributed by atoms with van der Waals surface area (Å²) in [6, 6.07) is -0.000556. The molecule has 0 aromatic carbocycles. The van der Waals surface area contributed by atoms with E-state index in [9.17, 15) is 4.79 Å². The van der Waals surface area contributed by atoms with Crippen LogP contribution in [-0.2, 0) is 10.2 Å². The summed E-state index contributed by atoms with van der Waals surface area (Å²) in [7, 11) is 0. The van der Waals surface area contributed by atoms with Crippen LogP contribution < -0.4 is 5.73 Å². The molecule has 70 valence electrons. The number of aromatic amines is 1. The predicted molar refractivity (Wildman–Crippen MR) is 45.1 cm³/mol. The third-order valence-corrected chi connectivity index (χ3v) is 2.64. The molecule has 1 aromatic rings. The molecule has 13 heavy (non-hydrogen) atoms. The quantitative estimate of drug-likeness (QED) is 0.591. The zero-order chi connectivity index (χ0) is 9.47. The van der Waals surface area contributed by atoms with Gasteiger partial charge in [-0.2, -0.15) is 0 Å². The van der Waals surface area contributed by atoms with Gasteiger partial charge in [-0.15, -0.1) is 0 Å². The van der Waals surface area contributed by atoms with Gasteiger partial charge in [0.15, 0.2) is 0 Å². The molecule has 5 heteroatoms. The number of H-pyrrole nitrogens is 1. The van der Waals surface area contributed by atoms with E-state index in [1.165, 1.54) is 6.33 Å². The second-order valence-electron chi connectivity index (χ2n) is 3.52. The van der Waals surface area contributed by atoms with Crippen LogP contribution in [-0.4, -0.2) is 27.1 Å². The summed E-state index contributed by atoms with van der Waals surface area (Å²) in [5.74, 6) is -0.821. The summed E-state index contributed by atoms with van der Waals surface area (Å²) in [5.41, 5.74) is 5.45. The molecule has 0 saturated heterocycles. The molecule has 0 aliphatic heterocycles. The molecule has 0 atom stereocenters. The van der Waals surface area contributed by atoms with Crippen molar-refractivity contribution in [1.82, 2.24) is 9.97 Å². The van der Waals surface area contributed by atoms with E-state index in [-0.39, 0.29) is 6.04 Å². The summed E-state index contributed by atoms with van der Waals surface area (Å²) < 4.78 is 0. The SMILES string of the molecule is NC1CC(C(=O)O)(c2cnc[nH]2)C1. The van der Waals surface area contributed by atoms with Crippen molar-refractivity contribution in [1.29, 1.82) is 0 Å². The van der Waals surface area contributed by atoms with Crippen molar-refractivity contribution in [3.05, 3.63) is 18.2 Å². The van der Waals surface area contributed by atoms with Crippen LogP contribution in [0.2, 0.25) is 0 Å². The highest BCUT2D eigenvalue weighted by Gasteiger charge is 2.51. The third-order valence-electron chi connectivity index (χ3n) is 2.64. The third kappa shape index (κ3) is 1.04. The average Bonchev–Trinajstić information content (AvgIpc) is 2.49. The van der Waals surface area contributed by atoms with E-state index in [1.807, 2.05) is 0 Å².